The lowest BCUT2D eigenvalue weighted by Gasteiger charge is -1.82. The van der Waals surface area contributed by atoms with Crippen LogP contribution in [-0.2, 0) is 4.79 Å². The maximum atomic E-state index is 10.1. The molecule has 8 heavy (non-hydrogen) atoms. The molecule has 0 aliphatic heterocycles. The van der Waals surface area contributed by atoms with E-state index in [0.29, 0.717) is 5.92 Å². The second-order valence-electron chi connectivity index (χ2n) is 3.04. The molecule has 2 aliphatic rings. The van der Waals surface area contributed by atoms with Gasteiger partial charge < -0.3 is 4.79 Å². The summed E-state index contributed by atoms with van der Waals surface area (Å²) in [4.78, 5) is 10.1. The molecule has 0 aromatic rings. The molecule has 2 aliphatic carbocycles. The minimum atomic E-state index is 0.475. The van der Waals surface area contributed by atoms with E-state index >= 15 is 0 Å². The number of aldehydes is 1. The SMILES string of the molecule is O=C[C@H]1C[C@H]1C1CC1. The number of hydrogen-bond acceptors (Lipinski definition) is 1. The molecule has 0 radical (unpaired) electrons. The Morgan fingerprint density at radius 2 is 2.12 bits per heavy atom. The van der Waals surface area contributed by atoms with Crippen molar-refractivity contribution in [3.63, 3.8) is 0 Å². The van der Waals surface area contributed by atoms with E-state index in [2.05, 4.69) is 0 Å². The summed E-state index contributed by atoms with van der Waals surface area (Å²) in [5.41, 5.74) is 0. The lowest BCUT2D eigenvalue weighted by molar-refractivity contribution is -0.109. The van der Waals surface area contributed by atoms with Gasteiger partial charge in [0.1, 0.15) is 6.29 Å². The van der Waals surface area contributed by atoms with Crippen LogP contribution in [0, 0.1) is 17.8 Å². The van der Waals surface area contributed by atoms with E-state index in [0.717, 1.165) is 18.1 Å². The van der Waals surface area contributed by atoms with Crippen molar-refractivity contribution in [1.82, 2.24) is 0 Å². The minimum absolute atomic E-state index is 0.475. The molecule has 2 fully saturated rings. The Morgan fingerprint density at radius 1 is 1.38 bits per heavy atom. The fourth-order valence-electron chi connectivity index (χ4n) is 1.46. The van der Waals surface area contributed by atoms with E-state index in [1.807, 2.05) is 0 Å². The Morgan fingerprint density at radius 3 is 2.50 bits per heavy atom. The maximum absolute atomic E-state index is 10.1. The quantitative estimate of drug-likeness (QED) is 0.489. The van der Waals surface area contributed by atoms with Crippen molar-refractivity contribution in [1.29, 1.82) is 0 Å². The van der Waals surface area contributed by atoms with E-state index in [1.54, 1.807) is 0 Å². The van der Waals surface area contributed by atoms with Crippen molar-refractivity contribution in [2.45, 2.75) is 19.3 Å². The van der Waals surface area contributed by atoms with Crippen LogP contribution in [0.4, 0.5) is 0 Å². The van der Waals surface area contributed by atoms with Crippen molar-refractivity contribution in [2.75, 3.05) is 0 Å². The van der Waals surface area contributed by atoms with Crippen molar-refractivity contribution >= 4 is 6.29 Å². The first-order valence-corrected chi connectivity index (χ1v) is 3.37. The molecule has 2 rings (SSSR count). The van der Waals surface area contributed by atoms with Crippen LogP contribution < -0.4 is 0 Å². The Hall–Kier alpha value is -0.330. The van der Waals surface area contributed by atoms with Crippen molar-refractivity contribution in [2.24, 2.45) is 17.8 Å². The summed E-state index contributed by atoms with van der Waals surface area (Å²) >= 11 is 0. The molecule has 0 amide bonds. The molecule has 0 spiro atoms. The van der Waals surface area contributed by atoms with E-state index in [1.165, 1.54) is 19.3 Å². The fraction of sp³-hybridized carbons (Fsp3) is 0.857. The van der Waals surface area contributed by atoms with Crippen LogP contribution in [-0.4, -0.2) is 6.29 Å². The highest BCUT2D eigenvalue weighted by Gasteiger charge is 2.46. The Bertz CT molecular complexity index is 116. The molecule has 2 atom stereocenters. The van der Waals surface area contributed by atoms with Crippen LogP contribution in [0.3, 0.4) is 0 Å². The topological polar surface area (TPSA) is 17.1 Å². The van der Waals surface area contributed by atoms with Gasteiger partial charge in [-0.2, -0.15) is 0 Å². The molecule has 0 saturated heterocycles. The molecule has 0 aromatic carbocycles. The van der Waals surface area contributed by atoms with Gasteiger partial charge in [0.15, 0.2) is 0 Å². The van der Waals surface area contributed by atoms with Crippen molar-refractivity contribution in [3.8, 4) is 0 Å². The third-order valence-corrected chi connectivity index (χ3v) is 2.29. The number of rotatable bonds is 2. The number of hydrogen-bond donors (Lipinski definition) is 0. The molecule has 0 heterocycles. The zero-order chi connectivity index (χ0) is 5.56. The lowest BCUT2D eigenvalue weighted by atomic mass is 10.2. The summed E-state index contributed by atoms with van der Waals surface area (Å²) in [5, 5.41) is 0. The Labute approximate surface area is 49.1 Å². The monoisotopic (exact) mass is 110 g/mol. The third-order valence-electron chi connectivity index (χ3n) is 2.29. The molecule has 2 saturated carbocycles. The van der Waals surface area contributed by atoms with Gasteiger partial charge in [0.05, 0.1) is 0 Å². The molecule has 0 N–H and O–H groups in total. The first kappa shape index (κ1) is 4.54. The average Bonchev–Trinajstić information content (AvgIpc) is 2.62. The molecule has 0 bridgehead atoms. The predicted molar refractivity (Wildman–Crippen MR) is 30.4 cm³/mol. The highest BCUT2D eigenvalue weighted by Crippen LogP contribution is 2.53. The standard InChI is InChI=1S/C7H10O/c8-4-6-3-7(6)5-1-2-5/h4-7H,1-3H2/t6-,7+/m1/s1. The van der Waals surface area contributed by atoms with Gasteiger partial charge in [0.25, 0.3) is 0 Å². The van der Waals surface area contributed by atoms with Gasteiger partial charge in [0, 0.05) is 5.92 Å². The second kappa shape index (κ2) is 1.34. The first-order chi connectivity index (χ1) is 3.92. The largest absolute Gasteiger partial charge is 0.303 e. The highest BCUT2D eigenvalue weighted by molar-refractivity contribution is 5.58. The van der Waals surface area contributed by atoms with E-state index in [9.17, 15) is 4.79 Å². The first-order valence-electron chi connectivity index (χ1n) is 3.37. The minimum Gasteiger partial charge on any atom is -0.303 e. The average molecular weight is 110 g/mol. The van der Waals surface area contributed by atoms with Crippen LogP contribution in [0.1, 0.15) is 19.3 Å². The van der Waals surface area contributed by atoms with Crippen molar-refractivity contribution in [3.05, 3.63) is 0 Å². The van der Waals surface area contributed by atoms with Crippen LogP contribution in [0.5, 0.6) is 0 Å². The van der Waals surface area contributed by atoms with Gasteiger partial charge in [-0.05, 0) is 31.1 Å². The Balaban J connectivity index is 1.86. The van der Waals surface area contributed by atoms with Crippen LogP contribution >= 0.6 is 0 Å². The molecule has 0 unspecified atom stereocenters. The third kappa shape index (κ3) is 0.575. The van der Waals surface area contributed by atoms with E-state index in [4.69, 9.17) is 0 Å². The van der Waals surface area contributed by atoms with Gasteiger partial charge in [0.2, 0.25) is 0 Å². The summed E-state index contributed by atoms with van der Waals surface area (Å²) in [6, 6.07) is 0. The maximum Gasteiger partial charge on any atom is 0.123 e. The summed E-state index contributed by atoms with van der Waals surface area (Å²) in [6.45, 7) is 0. The summed E-state index contributed by atoms with van der Waals surface area (Å²) < 4.78 is 0. The van der Waals surface area contributed by atoms with Crippen LogP contribution in [0.25, 0.3) is 0 Å². The predicted octanol–water partition coefficient (Wildman–Crippen LogP) is 1.23. The lowest BCUT2D eigenvalue weighted by Crippen LogP contribution is -1.83. The Kier molecular flexibility index (Phi) is 0.758. The van der Waals surface area contributed by atoms with Gasteiger partial charge >= 0.3 is 0 Å². The molecule has 1 nitrogen and oxygen atoms in total. The van der Waals surface area contributed by atoms with Crippen LogP contribution in [0.2, 0.25) is 0 Å². The fourth-order valence-corrected chi connectivity index (χ4v) is 1.46. The smallest absolute Gasteiger partial charge is 0.123 e. The zero-order valence-electron chi connectivity index (χ0n) is 4.84. The number of carbonyl (C=O) groups excluding carboxylic acids is 1. The zero-order valence-corrected chi connectivity index (χ0v) is 4.84. The van der Waals surface area contributed by atoms with Gasteiger partial charge in [-0.1, -0.05) is 0 Å². The summed E-state index contributed by atoms with van der Waals surface area (Å²) in [6.07, 6.45) is 5.13. The molecular weight excluding hydrogens is 100 g/mol. The van der Waals surface area contributed by atoms with Crippen LogP contribution in [0.15, 0.2) is 0 Å². The summed E-state index contributed by atoms with van der Waals surface area (Å²) in [7, 11) is 0. The van der Waals surface area contributed by atoms with Crippen molar-refractivity contribution < 1.29 is 4.79 Å². The van der Waals surface area contributed by atoms with E-state index in [-0.39, 0.29) is 0 Å². The van der Waals surface area contributed by atoms with Gasteiger partial charge in [-0.15, -0.1) is 0 Å². The highest BCUT2D eigenvalue weighted by atomic mass is 16.1. The molecular formula is C7H10O. The molecule has 44 valence electrons. The normalized spacial score (nSPS) is 44.0. The second-order valence-corrected chi connectivity index (χ2v) is 3.04. The van der Waals surface area contributed by atoms with E-state index < -0.39 is 0 Å². The summed E-state index contributed by atoms with van der Waals surface area (Å²) in [5.74, 6) is 2.26. The molecule has 0 aromatic heterocycles. The van der Waals surface area contributed by atoms with Gasteiger partial charge in [-0.3, -0.25) is 0 Å². The van der Waals surface area contributed by atoms with Gasteiger partial charge in [-0.25, -0.2) is 0 Å². The molecule has 1 heteroatoms. The number of carbonyl (C=O) groups is 1.